The highest BCUT2D eigenvalue weighted by Gasteiger charge is 2.64. The first-order valence-corrected chi connectivity index (χ1v) is 8.23. The molecular weight excluding hydrogens is 318 g/mol. The fraction of sp³-hybridized carbons (Fsp3) is 0.529. The van der Waals surface area contributed by atoms with Crippen LogP contribution in [0.5, 0.6) is 0 Å². The Hall–Kier alpha value is -1.75. The minimum absolute atomic E-state index is 0.232. The van der Waals surface area contributed by atoms with Gasteiger partial charge in [-0.3, -0.25) is 9.59 Å². The third kappa shape index (κ3) is 1.99. The number of esters is 2. The predicted molar refractivity (Wildman–Crippen MR) is 84.2 cm³/mol. The van der Waals surface area contributed by atoms with Gasteiger partial charge in [0.05, 0.1) is 6.04 Å². The van der Waals surface area contributed by atoms with Crippen LogP contribution in [0.4, 0.5) is 5.69 Å². The van der Waals surface area contributed by atoms with Gasteiger partial charge >= 0.3 is 11.9 Å². The molecule has 3 heterocycles. The molecule has 122 valence electrons. The molecule has 3 aliphatic heterocycles. The van der Waals surface area contributed by atoms with E-state index in [9.17, 15) is 9.59 Å². The number of benzene rings is 1. The molecule has 0 amide bonds. The summed E-state index contributed by atoms with van der Waals surface area (Å²) >= 11 is 6.13. The van der Waals surface area contributed by atoms with E-state index in [0.717, 1.165) is 30.6 Å². The summed E-state index contributed by atoms with van der Waals surface area (Å²) in [7, 11) is 0. The van der Waals surface area contributed by atoms with Crippen LogP contribution >= 0.6 is 11.6 Å². The number of cyclic esters (lactones) is 2. The van der Waals surface area contributed by atoms with Gasteiger partial charge < -0.3 is 14.4 Å². The molecule has 1 unspecified atom stereocenters. The van der Waals surface area contributed by atoms with E-state index < -0.39 is 23.1 Å². The van der Waals surface area contributed by atoms with Crippen LogP contribution in [0.15, 0.2) is 18.2 Å². The molecular formula is C17H18ClNO4. The van der Waals surface area contributed by atoms with Gasteiger partial charge in [-0.25, -0.2) is 0 Å². The second-order valence-electron chi connectivity index (χ2n) is 6.95. The fourth-order valence-electron chi connectivity index (χ4n) is 4.09. The standard InChI is InChI=1S/C17H18ClNO4/c1-16(2)22-14(20)17(15(21)23-16)9-10-5-6-11(18)8-12(10)19-7-3-4-13(17)19/h5-6,8,13H,3-4,7,9H2,1-2H3. The Kier molecular flexibility index (Phi) is 2.98. The first-order valence-electron chi connectivity index (χ1n) is 7.85. The topological polar surface area (TPSA) is 55.8 Å². The highest BCUT2D eigenvalue weighted by atomic mass is 35.5. The molecule has 23 heavy (non-hydrogen) atoms. The maximum absolute atomic E-state index is 12.8. The Labute approximate surface area is 139 Å². The molecule has 0 bridgehead atoms. The molecule has 5 nitrogen and oxygen atoms in total. The zero-order chi connectivity index (χ0) is 16.4. The van der Waals surface area contributed by atoms with Crippen molar-refractivity contribution in [2.24, 2.45) is 5.41 Å². The summed E-state index contributed by atoms with van der Waals surface area (Å²) in [6.45, 7) is 3.96. The summed E-state index contributed by atoms with van der Waals surface area (Å²) in [4.78, 5) is 27.8. The zero-order valence-corrected chi connectivity index (χ0v) is 13.9. The lowest BCUT2D eigenvalue weighted by Gasteiger charge is -2.49. The smallest absolute Gasteiger partial charge is 0.329 e. The van der Waals surface area contributed by atoms with Crippen LogP contribution in [0, 0.1) is 5.41 Å². The molecule has 2 saturated heterocycles. The first-order chi connectivity index (χ1) is 10.8. The van der Waals surface area contributed by atoms with Crippen LogP contribution in [0.2, 0.25) is 5.02 Å². The minimum atomic E-state index is -1.27. The van der Waals surface area contributed by atoms with E-state index in [1.165, 1.54) is 0 Å². The number of rotatable bonds is 0. The van der Waals surface area contributed by atoms with Gasteiger partial charge in [0.15, 0.2) is 5.41 Å². The van der Waals surface area contributed by atoms with Gasteiger partial charge in [-0.05, 0) is 30.5 Å². The molecule has 2 fully saturated rings. The van der Waals surface area contributed by atoms with E-state index in [2.05, 4.69) is 4.90 Å². The number of carbonyl (C=O) groups is 2. The van der Waals surface area contributed by atoms with Crippen molar-refractivity contribution in [1.29, 1.82) is 0 Å². The lowest BCUT2D eigenvalue weighted by molar-refractivity contribution is -0.252. The largest absolute Gasteiger partial charge is 0.422 e. The zero-order valence-electron chi connectivity index (χ0n) is 13.1. The number of carbonyl (C=O) groups excluding carboxylic acids is 2. The van der Waals surface area contributed by atoms with Crippen LogP contribution in [0.1, 0.15) is 32.3 Å². The van der Waals surface area contributed by atoms with Crippen LogP contribution in [0.25, 0.3) is 0 Å². The van der Waals surface area contributed by atoms with Gasteiger partial charge in [0.2, 0.25) is 0 Å². The van der Waals surface area contributed by atoms with Gasteiger partial charge in [0, 0.05) is 37.5 Å². The van der Waals surface area contributed by atoms with Crippen LogP contribution < -0.4 is 4.90 Å². The van der Waals surface area contributed by atoms with Gasteiger partial charge in [-0.1, -0.05) is 17.7 Å². The number of hydrogen-bond acceptors (Lipinski definition) is 5. The second kappa shape index (κ2) is 4.63. The van der Waals surface area contributed by atoms with E-state index in [-0.39, 0.29) is 6.04 Å². The quantitative estimate of drug-likeness (QED) is 0.539. The van der Waals surface area contributed by atoms with Crippen molar-refractivity contribution in [3.05, 3.63) is 28.8 Å². The molecule has 0 N–H and O–H groups in total. The molecule has 4 rings (SSSR count). The average molecular weight is 336 g/mol. The summed E-state index contributed by atoms with van der Waals surface area (Å²) < 4.78 is 10.9. The third-order valence-electron chi connectivity index (χ3n) is 5.05. The highest BCUT2D eigenvalue weighted by molar-refractivity contribution is 6.30. The number of nitrogens with zero attached hydrogens (tertiary/aromatic N) is 1. The highest BCUT2D eigenvalue weighted by Crippen LogP contribution is 2.50. The Morgan fingerprint density at radius 2 is 1.91 bits per heavy atom. The third-order valence-corrected chi connectivity index (χ3v) is 5.29. The molecule has 0 radical (unpaired) electrons. The van der Waals surface area contributed by atoms with Crippen LogP contribution in [0.3, 0.4) is 0 Å². The van der Waals surface area contributed by atoms with Crippen molar-refractivity contribution in [2.45, 2.75) is 44.9 Å². The molecule has 0 aliphatic carbocycles. The van der Waals surface area contributed by atoms with E-state index in [1.807, 2.05) is 12.1 Å². The van der Waals surface area contributed by atoms with E-state index >= 15 is 0 Å². The number of ether oxygens (including phenoxy) is 2. The van der Waals surface area contributed by atoms with E-state index in [0.29, 0.717) is 11.4 Å². The van der Waals surface area contributed by atoms with Crippen molar-refractivity contribution in [2.75, 3.05) is 11.4 Å². The maximum atomic E-state index is 12.8. The molecule has 0 saturated carbocycles. The summed E-state index contributed by atoms with van der Waals surface area (Å²) in [5, 5.41) is 0.653. The van der Waals surface area contributed by atoms with Gasteiger partial charge in [0.1, 0.15) is 0 Å². The number of halogens is 1. The summed E-state index contributed by atoms with van der Waals surface area (Å²) in [6, 6.07) is 5.35. The number of fused-ring (bicyclic) bond motifs is 4. The Morgan fingerprint density at radius 1 is 1.22 bits per heavy atom. The van der Waals surface area contributed by atoms with E-state index in [4.69, 9.17) is 21.1 Å². The lowest BCUT2D eigenvalue weighted by Crippen LogP contribution is -2.64. The molecule has 1 atom stereocenters. The van der Waals surface area contributed by atoms with Gasteiger partial charge in [-0.15, -0.1) is 0 Å². The Morgan fingerprint density at radius 3 is 2.61 bits per heavy atom. The van der Waals surface area contributed by atoms with E-state index in [1.54, 1.807) is 19.9 Å². The summed E-state index contributed by atoms with van der Waals surface area (Å²) in [6.07, 6.45) is 1.98. The van der Waals surface area contributed by atoms with Crippen molar-refractivity contribution >= 4 is 29.2 Å². The maximum Gasteiger partial charge on any atom is 0.329 e. The molecule has 0 aromatic heterocycles. The predicted octanol–water partition coefficient (Wildman–Crippen LogP) is 2.69. The molecule has 1 aromatic carbocycles. The molecule has 1 spiro atoms. The monoisotopic (exact) mass is 335 g/mol. The Bertz CT molecular complexity index is 695. The van der Waals surface area contributed by atoms with Crippen molar-refractivity contribution in [3.63, 3.8) is 0 Å². The van der Waals surface area contributed by atoms with Gasteiger partial charge in [-0.2, -0.15) is 0 Å². The molecule has 6 heteroatoms. The van der Waals surface area contributed by atoms with Crippen LogP contribution in [-0.2, 0) is 25.5 Å². The fourth-order valence-corrected chi connectivity index (χ4v) is 4.26. The number of hydrogen-bond donors (Lipinski definition) is 0. The molecule has 1 aromatic rings. The van der Waals surface area contributed by atoms with Crippen molar-refractivity contribution in [1.82, 2.24) is 0 Å². The number of anilines is 1. The summed E-state index contributed by atoms with van der Waals surface area (Å²) in [5.74, 6) is -2.16. The van der Waals surface area contributed by atoms with Crippen molar-refractivity contribution < 1.29 is 19.1 Å². The van der Waals surface area contributed by atoms with Gasteiger partial charge in [0.25, 0.3) is 5.79 Å². The van der Waals surface area contributed by atoms with Crippen LogP contribution in [-0.4, -0.2) is 30.3 Å². The second-order valence-corrected chi connectivity index (χ2v) is 7.39. The lowest BCUT2D eigenvalue weighted by atomic mass is 9.70. The van der Waals surface area contributed by atoms with Crippen molar-refractivity contribution in [3.8, 4) is 0 Å². The summed E-state index contributed by atoms with van der Waals surface area (Å²) in [5.41, 5.74) is 0.671. The first kappa shape index (κ1) is 14.8. The SMILES string of the molecule is CC1(C)OC(=O)C2(Cc3ccc(Cl)cc3N3CCCC32)C(=O)O1. The average Bonchev–Trinajstić information content (AvgIpc) is 2.94. The normalized spacial score (nSPS) is 27.3. The Balaban J connectivity index is 1.85. The minimum Gasteiger partial charge on any atom is -0.422 e. The molecule has 3 aliphatic rings.